The molecule has 0 amide bonds. The molecule has 3 heteroatoms. The number of aryl methyl sites for hydroxylation is 1. The van der Waals surface area contributed by atoms with E-state index in [1.54, 1.807) is 6.20 Å². The van der Waals surface area contributed by atoms with Crippen LogP contribution in [-0.2, 0) is 5.41 Å². The lowest BCUT2D eigenvalue weighted by atomic mass is 9.65. The van der Waals surface area contributed by atoms with Gasteiger partial charge >= 0.3 is 0 Å². The Bertz CT molecular complexity index is 342. The van der Waals surface area contributed by atoms with Crippen molar-refractivity contribution in [2.24, 2.45) is 0 Å². The van der Waals surface area contributed by atoms with Gasteiger partial charge in [-0.1, -0.05) is 24.1 Å². The molecule has 1 heterocycles. The molecule has 1 aliphatic carbocycles. The SMILES string of the molecule is Cc1cc(C2(CO)CCC2)cnc1Cl. The number of aliphatic hydroxyl groups excluding tert-OH is 1. The van der Waals surface area contributed by atoms with E-state index in [2.05, 4.69) is 4.98 Å². The minimum Gasteiger partial charge on any atom is -0.395 e. The Morgan fingerprint density at radius 3 is 2.71 bits per heavy atom. The van der Waals surface area contributed by atoms with Crippen LogP contribution in [0.25, 0.3) is 0 Å². The maximum Gasteiger partial charge on any atom is 0.131 e. The highest BCUT2D eigenvalue weighted by molar-refractivity contribution is 6.30. The van der Waals surface area contributed by atoms with Gasteiger partial charge in [0.05, 0.1) is 6.61 Å². The lowest BCUT2D eigenvalue weighted by molar-refractivity contribution is 0.120. The molecular weight excluding hydrogens is 198 g/mol. The zero-order chi connectivity index (χ0) is 10.2. The first-order valence-corrected chi connectivity index (χ1v) is 5.29. The smallest absolute Gasteiger partial charge is 0.131 e. The predicted octanol–water partition coefficient (Wildman–Crippen LogP) is 2.46. The van der Waals surface area contributed by atoms with Gasteiger partial charge in [-0.15, -0.1) is 0 Å². The van der Waals surface area contributed by atoms with Crippen molar-refractivity contribution in [2.75, 3.05) is 6.61 Å². The van der Waals surface area contributed by atoms with Gasteiger partial charge in [-0.25, -0.2) is 4.98 Å². The third-order valence-electron chi connectivity index (χ3n) is 3.24. The van der Waals surface area contributed by atoms with Gasteiger partial charge < -0.3 is 5.11 Å². The summed E-state index contributed by atoms with van der Waals surface area (Å²) < 4.78 is 0. The molecule has 0 atom stereocenters. The van der Waals surface area contributed by atoms with Crippen molar-refractivity contribution in [3.05, 3.63) is 28.5 Å². The van der Waals surface area contributed by atoms with Crippen molar-refractivity contribution in [3.63, 3.8) is 0 Å². The minimum atomic E-state index is -0.0254. The van der Waals surface area contributed by atoms with Gasteiger partial charge in [0.25, 0.3) is 0 Å². The molecule has 2 rings (SSSR count). The fraction of sp³-hybridized carbons (Fsp3) is 0.545. The molecule has 0 aliphatic heterocycles. The Morgan fingerprint density at radius 1 is 1.57 bits per heavy atom. The van der Waals surface area contributed by atoms with Crippen LogP contribution in [0.15, 0.2) is 12.3 Å². The number of halogens is 1. The first kappa shape index (κ1) is 9.94. The third-order valence-corrected chi connectivity index (χ3v) is 3.64. The van der Waals surface area contributed by atoms with Gasteiger partial charge in [0.1, 0.15) is 5.15 Å². The maximum atomic E-state index is 9.39. The zero-order valence-corrected chi connectivity index (χ0v) is 9.01. The summed E-state index contributed by atoms with van der Waals surface area (Å²) in [4.78, 5) is 4.13. The van der Waals surface area contributed by atoms with E-state index in [9.17, 15) is 5.11 Å². The van der Waals surface area contributed by atoms with Gasteiger partial charge in [-0.2, -0.15) is 0 Å². The normalized spacial score (nSPS) is 19.1. The van der Waals surface area contributed by atoms with Crippen molar-refractivity contribution in [1.29, 1.82) is 0 Å². The van der Waals surface area contributed by atoms with Crippen LogP contribution in [0.3, 0.4) is 0 Å². The maximum absolute atomic E-state index is 9.39. The summed E-state index contributed by atoms with van der Waals surface area (Å²) in [6.45, 7) is 2.17. The number of hydrogen-bond donors (Lipinski definition) is 1. The zero-order valence-electron chi connectivity index (χ0n) is 8.26. The second-order valence-electron chi connectivity index (χ2n) is 4.12. The van der Waals surface area contributed by atoms with Crippen LogP contribution in [0.4, 0.5) is 0 Å². The van der Waals surface area contributed by atoms with Crippen LogP contribution in [0.1, 0.15) is 30.4 Å². The first-order valence-electron chi connectivity index (χ1n) is 4.91. The summed E-state index contributed by atoms with van der Waals surface area (Å²) in [7, 11) is 0. The summed E-state index contributed by atoms with van der Waals surface area (Å²) in [5.74, 6) is 0. The molecule has 0 radical (unpaired) electrons. The van der Waals surface area contributed by atoms with Crippen LogP contribution in [-0.4, -0.2) is 16.7 Å². The van der Waals surface area contributed by atoms with E-state index in [1.165, 1.54) is 6.42 Å². The van der Waals surface area contributed by atoms with Gasteiger partial charge in [0.2, 0.25) is 0 Å². The first-order chi connectivity index (χ1) is 6.68. The van der Waals surface area contributed by atoms with Crippen molar-refractivity contribution in [1.82, 2.24) is 4.98 Å². The monoisotopic (exact) mass is 211 g/mol. The Labute approximate surface area is 88.9 Å². The Morgan fingerprint density at radius 2 is 2.29 bits per heavy atom. The highest BCUT2D eigenvalue weighted by atomic mass is 35.5. The van der Waals surface area contributed by atoms with Gasteiger partial charge in [-0.3, -0.25) is 0 Å². The summed E-state index contributed by atoms with van der Waals surface area (Å²) in [5.41, 5.74) is 2.10. The topological polar surface area (TPSA) is 33.1 Å². The molecule has 1 aromatic rings. The molecule has 0 bridgehead atoms. The van der Waals surface area contributed by atoms with E-state index < -0.39 is 0 Å². The standard InChI is InChI=1S/C11H14ClNO/c1-8-5-9(6-13-10(8)12)11(7-14)3-2-4-11/h5-6,14H,2-4,7H2,1H3. The molecule has 0 spiro atoms. The summed E-state index contributed by atoms with van der Waals surface area (Å²) in [6, 6.07) is 2.05. The molecule has 14 heavy (non-hydrogen) atoms. The number of pyridine rings is 1. The Balaban J connectivity index is 2.36. The molecule has 0 unspecified atom stereocenters. The summed E-state index contributed by atoms with van der Waals surface area (Å²) >= 11 is 5.86. The number of rotatable bonds is 2. The molecule has 0 saturated heterocycles. The molecule has 0 aromatic carbocycles. The van der Waals surface area contributed by atoms with Gasteiger partial charge in [0, 0.05) is 11.6 Å². The summed E-state index contributed by atoms with van der Waals surface area (Å²) in [6.07, 6.45) is 5.12. The molecule has 1 aromatic heterocycles. The molecule has 1 fully saturated rings. The number of aliphatic hydroxyl groups is 1. The molecule has 76 valence electrons. The van der Waals surface area contributed by atoms with Crippen LogP contribution < -0.4 is 0 Å². The van der Waals surface area contributed by atoms with Crippen LogP contribution in [0.5, 0.6) is 0 Å². The lowest BCUT2D eigenvalue weighted by Gasteiger charge is -2.40. The van der Waals surface area contributed by atoms with E-state index in [-0.39, 0.29) is 12.0 Å². The largest absolute Gasteiger partial charge is 0.395 e. The molecule has 2 nitrogen and oxygen atoms in total. The lowest BCUT2D eigenvalue weighted by Crippen LogP contribution is -2.38. The fourth-order valence-corrected chi connectivity index (χ4v) is 2.09. The quantitative estimate of drug-likeness (QED) is 0.763. The van der Waals surface area contributed by atoms with Crippen molar-refractivity contribution < 1.29 is 5.11 Å². The highest BCUT2D eigenvalue weighted by Crippen LogP contribution is 2.43. The Hall–Kier alpha value is -0.600. The Kier molecular flexibility index (Phi) is 2.50. The third kappa shape index (κ3) is 1.43. The van der Waals surface area contributed by atoms with Gasteiger partial charge in [0.15, 0.2) is 0 Å². The van der Waals surface area contributed by atoms with E-state index in [1.807, 2.05) is 13.0 Å². The molecular formula is C11H14ClNO. The van der Waals surface area contributed by atoms with Gasteiger partial charge in [-0.05, 0) is 30.9 Å². The minimum absolute atomic E-state index is 0.0254. The summed E-state index contributed by atoms with van der Waals surface area (Å²) in [5, 5.41) is 9.95. The van der Waals surface area contributed by atoms with Crippen LogP contribution in [0.2, 0.25) is 5.15 Å². The molecule has 1 N–H and O–H groups in total. The van der Waals surface area contributed by atoms with Crippen LogP contribution >= 0.6 is 11.6 Å². The number of hydrogen-bond acceptors (Lipinski definition) is 2. The second kappa shape index (κ2) is 3.52. The van der Waals surface area contributed by atoms with E-state index in [0.717, 1.165) is 24.0 Å². The molecule has 1 saturated carbocycles. The average Bonchev–Trinajstić information content (AvgIpc) is 2.10. The predicted molar refractivity (Wildman–Crippen MR) is 56.6 cm³/mol. The number of nitrogens with zero attached hydrogens (tertiary/aromatic N) is 1. The second-order valence-corrected chi connectivity index (χ2v) is 4.48. The van der Waals surface area contributed by atoms with E-state index >= 15 is 0 Å². The van der Waals surface area contributed by atoms with E-state index in [0.29, 0.717) is 5.15 Å². The fourth-order valence-electron chi connectivity index (χ4n) is 1.99. The molecule has 1 aliphatic rings. The highest BCUT2D eigenvalue weighted by Gasteiger charge is 2.38. The van der Waals surface area contributed by atoms with Crippen molar-refractivity contribution in [2.45, 2.75) is 31.6 Å². The van der Waals surface area contributed by atoms with Crippen LogP contribution in [0, 0.1) is 6.92 Å². The van der Waals surface area contributed by atoms with Crippen molar-refractivity contribution >= 4 is 11.6 Å². The number of aromatic nitrogens is 1. The van der Waals surface area contributed by atoms with E-state index in [4.69, 9.17) is 11.6 Å². The van der Waals surface area contributed by atoms with Crippen molar-refractivity contribution in [3.8, 4) is 0 Å². The average molecular weight is 212 g/mol.